The number of hydrogen-bond donors (Lipinski definition) is 0. The summed E-state index contributed by atoms with van der Waals surface area (Å²) in [6.45, 7) is 3.52. The zero-order chi connectivity index (χ0) is 24.0. The Bertz CT molecular complexity index is 1490. The third kappa shape index (κ3) is 3.24. The Hall–Kier alpha value is -3.81. The molecule has 0 saturated heterocycles. The monoisotopic (exact) mass is 456 g/mol. The fourth-order valence-corrected chi connectivity index (χ4v) is 4.76. The largest absolute Gasteiger partial charge is 0.347 e. The summed E-state index contributed by atoms with van der Waals surface area (Å²) in [6.07, 6.45) is 0. The first-order valence-electron chi connectivity index (χ1n) is 10.9. The SMILES string of the molecule is COC1(OC)Cn2c3ccc(C(=O)c4ccccc4C)cc3c3cccc(c32)/C1=N/OC(C)=O. The lowest BCUT2D eigenvalue weighted by Gasteiger charge is -2.36. The summed E-state index contributed by atoms with van der Waals surface area (Å²) in [7, 11) is 3.06. The number of aryl methyl sites for hydroxylation is 1. The van der Waals surface area contributed by atoms with Gasteiger partial charge in [-0.25, -0.2) is 4.79 Å². The Morgan fingerprint density at radius 3 is 2.44 bits per heavy atom. The van der Waals surface area contributed by atoms with Crippen molar-refractivity contribution in [3.05, 3.63) is 82.9 Å². The van der Waals surface area contributed by atoms with Gasteiger partial charge < -0.3 is 18.9 Å². The van der Waals surface area contributed by atoms with Gasteiger partial charge in [0.25, 0.3) is 0 Å². The Balaban J connectivity index is 1.75. The summed E-state index contributed by atoms with van der Waals surface area (Å²) in [6, 6.07) is 19.1. The Labute approximate surface area is 196 Å². The molecule has 1 aliphatic heterocycles. The van der Waals surface area contributed by atoms with Crippen LogP contribution in [0.3, 0.4) is 0 Å². The molecule has 1 aliphatic rings. The van der Waals surface area contributed by atoms with Crippen molar-refractivity contribution in [3.8, 4) is 0 Å². The molecule has 0 N–H and O–H groups in total. The molecule has 7 heteroatoms. The van der Waals surface area contributed by atoms with Crippen molar-refractivity contribution >= 4 is 39.3 Å². The van der Waals surface area contributed by atoms with Gasteiger partial charge in [-0.15, -0.1) is 0 Å². The van der Waals surface area contributed by atoms with Crippen LogP contribution in [0, 0.1) is 6.92 Å². The van der Waals surface area contributed by atoms with Gasteiger partial charge in [0, 0.05) is 54.1 Å². The van der Waals surface area contributed by atoms with Crippen LogP contribution in [0.4, 0.5) is 0 Å². The van der Waals surface area contributed by atoms with E-state index in [1.807, 2.05) is 67.6 Å². The molecule has 0 fully saturated rings. The van der Waals surface area contributed by atoms with Crippen LogP contribution in [0.2, 0.25) is 0 Å². The van der Waals surface area contributed by atoms with E-state index in [1.54, 1.807) is 0 Å². The van der Waals surface area contributed by atoms with Crippen LogP contribution in [0.25, 0.3) is 21.8 Å². The van der Waals surface area contributed by atoms with Crippen LogP contribution in [-0.2, 0) is 25.7 Å². The van der Waals surface area contributed by atoms with Crippen LogP contribution in [0.15, 0.2) is 65.8 Å². The first kappa shape index (κ1) is 22.0. The zero-order valence-corrected chi connectivity index (χ0v) is 19.4. The van der Waals surface area contributed by atoms with Crippen molar-refractivity contribution in [1.29, 1.82) is 0 Å². The topological polar surface area (TPSA) is 79.1 Å². The van der Waals surface area contributed by atoms with Crippen LogP contribution in [-0.4, -0.2) is 42.0 Å². The third-order valence-corrected chi connectivity index (χ3v) is 6.44. The summed E-state index contributed by atoms with van der Waals surface area (Å²) in [5.74, 6) is -1.81. The second-order valence-corrected chi connectivity index (χ2v) is 8.35. The number of oxime groups is 1. The molecule has 172 valence electrons. The summed E-state index contributed by atoms with van der Waals surface area (Å²) in [4.78, 5) is 29.8. The van der Waals surface area contributed by atoms with E-state index in [4.69, 9.17) is 14.3 Å². The van der Waals surface area contributed by atoms with E-state index in [0.717, 1.165) is 32.9 Å². The maximum Gasteiger partial charge on any atom is 0.331 e. The van der Waals surface area contributed by atoms with Gasteiger partial charge >= 0.3 is 5.97 Å². The summed E-state index contributed by atoms with van der Waals surface area (Å²) in [5, 5.41) is 6.01. The normalized spacial score (nSPS) is 15.7. The number of benzene rings is 3. The van der Waals surface area contributed by atoms with Gasteiger partial charge in [-0.3, -0.25) is 4.79 Å². The number of rotatable bonds is 5. The van der Waals surface area contributed by atoms with E-state index in [-0.39, 0.29) is 5.78 Å². The van der Waals surface area contributed by atoms with Gasteiger partial charge in [0.05, 0.1) is 12.1 Å². The fraction of sp³-hybridized carbons (Fsp3) is 0.222. The Morgan fingerprint density at radius 1 is 0.971 bits per heavy atom. The molecule has 0 atom stereocenters. The first-order chi connectivity index (χ1) is 16.4. The lowest BCUT2D eigenvalue weighted by Crippen LogP contribution is -2.49. The van der Waals surface area contributed by atoms with Gasteiger partial charge in [0.15, 0.2) is 11.5 Å². The van der Waals surface area contributed by atoms with Gasteiger partial charge in [0.1, 0.15) is 0 Å². The van der Waals surface area contributed by atoms with E-state index in [1.165, 1.54) is 21.1 Å². The van der Waals surface area contributed by atoms with Gasteiger partial charge in [-0.2, -0.15) is 0 Å². The highest BCUT2D eigenvalue weighted by Gasteiger charge is 2.44. The second-order valence-electron chi connectivity index (χ2n) is 8.35. The lowest BCUT2D eigenvalue weighted by molar-refractivity contribution is -0.164. The molecule has 7 nitrogen and oxygen atoms in total. The number of ketones is 1. The van der Waals surface area contributed by atoms with Crippen molar-refractivity contribution in [2.75, 3.05) is 14.2 Å². The average molecular weight is 456 g/mol. The van der Waals surface area contributed by atoms with Crippen molar-refractivity contribution in [3.63, 3.8) is 0 Å². The van der Waals surface area contributed by atoms with Crippen molar-refractivity contribution in [1.82, 2.24) is 4.57 Å². The van der Waals surface area contributed by atoms with Crippen molar-refractivity contribution in [2.24, 2.45) is 5.16 Å². The number of methoxy groups -OCH3 is 2. The molecule has 5 rings (SSSR count). The molecular weight excluding hydrogens is 432 g/mol. The summed E-state index contributed by atoms with van der Waals surface area (Å²) < 4.78 is 13.7. The third-order valence-electron chi connectivity index (χ3n) is 6.44. The molecule has 2 heterocycles. The number of carbonyl (C=O) groups excluding carboxylic acids is 2. The molecule has 0 bridgehead atoms. The fourth-order valence-electron chi connectivity index (χ4n) is 4.76. The van der Waals surface area contributed by atoms with E-state index >= 15 is 0 Å². The van der Waals surface area contributed by atoms with Gasteiger partial charge in [-0.1, -0.05) is 47.6 Å². The molecule has 4 aromatic rings. The van der Waals surface area contributed by atoms with Gasteiger partial charge in [0.2, 0.25) is 5.79 Å². The standard InChI is InChI=1S/C27H24N2O5/c1-16-8-5-6-9-19(16)25(31)18-12-13-23-22(14-18)20-10-7-11-21-24(20)29(23)15-27(32-3,33-4)26(21)28-34-17(2)30/h5-14H,15H2,1-4H3/b28-26-. The molecule has 0 amide bonds. The second kappa shape index (κ2) is 8.20. The smallest absolute Gasteiger partial charge is 0.331 e. The van der Waals surface area contributed by atoms with Crippen LogP contribution in [0.1, 0.15) is 34.0 Å². The van der Waals surface area contributed by atoms with Crippen LogP contribution >= 0.6 is 0 Å². The number of para-hydroxylation sites is 1. The average Bonchev–Trinajstić information content (AvgIpc) is 3.16. The van der Waals surface area contributed by atoms with E-state index in [0.29, 0.717) is 23.4 Å². The minimum absolute atomic E-state index is 0.0211. The number of ether oxygens (including phenoxy) is 2. The van der Waals surface area contributed by atoms with Crippen molar-refractivity contribution < 1.29 is 23.9 Å². The number of carbonyl (C=O) groups is 2. The minimum Gasteiger partial charge on any atom is -0.347 e. The van der Waals surface area contributed by atoms with E-state index < -0.39 is 11.8 Å². The maximum atomic E-state index is 13.3. The molecule has 0 saturated carbocycles. The molecule has 3 aromatic carbocycles. The van der Waals surface area contributed by atoms with Gasteiger partial charge in [-0.05, 0) is 30.7 Å². The van der Waals surface area contributed by atoms with Crippen molar-refractivity contribution in [2.45, 2.75) is 26.2 Å². The molecule has 0 unspecified atom stereocenters. The predicted molar refractivity (Wildman–Crippen MR) is 129 cm³/mol. The number of aromatic nitrogens is 1. The molecule has 0 spiro atoms. The summed E-state index contributed by atoms with van der Waals surface area (Å²) in [5.41, 5.74) is 5.20. The summed E-state index contributed by atoms with van der Waals surface area (Å²) >= 11 is 0. The highest BCUT2D eigenvalue weighted by molar-refractivity contribution is 6.22. The molecule has 1 aromatic heterocycles. The highest BCUT2D eigenvalue weighted by Crippen LogP contribution is 2.39. The number of nitrogens with zero attached hydrogens (tertiary/aromatic N) is 2. The Kier molecular flexibility index (Phi) is 5.31. The molecular formula is C27H24N2O5. The Morgan fingerprint density at radius 2 is 1.74 bits per heavy atom. The minimum atomic E-state index is -1.25. The number of hydrogen-bond acceptors (Lipinski definition) is 6. The van der Waals surface area contributed by atoms with Crippen LogP contribution < -0.4 is 0 Å². The maximum absolute atomic E-state index is 13.3. The molecule has 0 radical (unpaired) electrons. The zero-order valence-electron chi connectivity index (χ0n) is 19.4. The molecule has 0 aliphatic carbocycles. The quantitative estimate of drug-likeness (QED) is 0.190. The van der Waals surface area contributed by atoms with E-state index in [9.17, 15) is 9.59 Å². The number of fused-ring (bicyclic) bond motifs is 3. The predicted octanol–water partition coefficient (Wildman–Crippen LogP) is 4.60. The van der Waals surface area contributed by atoms with Crippen LogP contribution in [0.5, 0.6) is 0 Å². The lowest BCUT2D eigenvalue weighted by atomic mass is 9.95. The first-order valence-corrected chi connectivity index (χ1v) is 10.9. The van der Waals surface area contributed by atoms with E-state index in [2.05, 4.69) is 9.72 Å². The highest BCUT2D eigenvalue weighted by atomic mass is 16.7. The molecule has 34 heavy (non-hydrogen) atoms.